The number of carbonyl (C=O) groups excluding carboxylic acids is 2. The lowest BCUT2D eigenvalue weighted by Gasteiger charge is -2.26. The highest BCUT2D eigenvalue weighted by Crippen LogP contribution is 2.32. The van der Waals surface area contributed by atoms with Crippen LogP contribution in [0.25, 0.3) is 0 Å². The average molecular weight is 671 g/mol. The predicted molar refractivity (Wildman–Crippen MR) is 194 cm³/mol. The quantitative estimate of drug-likeness (QED) is 0.0344. The van der Waals surface area contributed by atoms with Crippen molar-refractivity contribution < 1.29 is 28.5 Å². The van der Waals surface area contributed by atoms with Crippen molar-refractivity contribution >= 4 is 58.4 Å². The Hall–Kier alpha value is -1.50. The molecule has 0 N–H and O–H groups in total. The molecule has 2 aromatic carbocycles. The predicted octanol–water partition coefficient (Wildman–Crippen LogP) is 8.23. The molecule has 2 aromatic rings. The van der Waals surface area contributed by atoms with E-state index in [2.05, 4.69) is 52.3 Å². The molecule has 0 saturated heterocycles. The van der Waals surface area contributed by atoms with Crippen LogP contribution in [0.4, 0.5) is 0 Å². The van der Waals surface area contributed by atoms with Crippen molar-refractivity contribution in [1.82, 2.24) is 0 Å². The van der Waals surface area contributed by atoms with E-state index in [1.165, 1.54) is 12.2 Å². The zero-order valence-corrected chi connectivity index (χ0v) is 27.3. The van der Waals surface area contributed by atoms with Gasteiger partial charge in [0.2, 0.25) is 0 Å². The van der Waals surface area contributed by atoms with E-state index in [9.17, 15) is 9.59 Å². The van der Waals surface area contributed by atoms with Crippen LogP contribution in [0.5, 0.6) is 0 Å². The van der Waals surface area contributed by atoms with Crippen molar-refractivity contribution in [1.29, 1.82) is 0 Å². The fourth-order valence-electron chi connectivity index (χ4n) is 3.29. The van der Waals surface area contributed by atoms with Crippen molar-refractivity contribution in [2.24, 2.45) is 0 Å². The van der Waals surface area contributed by atoms with Crippen LogP contribution in [0.2, 0.25) is 0 Å². The summed E-state index contributed by atoms with van der Waals surface area (Å²) >= 11 is 8.05. The number of carbonyl (C=O) groups is 2. The van der Waals surface area contributed by atoms with Gasteiger partial charge < -0.3 is 18.9 Å². The van der Waals surface area contributed by atoms with Gasteiger partial charge in [0.1, 0.15) is 13.6 Å². The third kappa shape index (κ3) is 18.2. The number of thiol groups is 2. The number of hydrogen-bond donors (Lipinski definition) is 2. The summed E-state index contributed by atoms with van der Waals surface area (Å²) < 4.78 is 20.8. The molecule has 0 atom stereocenters. The summed E-state index contributed by atoms with van der Waals surface area (Å²) in [5.41, 5.74) is 3.23. The molecular formula is C33H50O6S4. The van der Waals surface area contributed by atoms with Crippen LogP contribution in [0.3, 0.4) is 0 Å². The lowest BCUT2D eigenvalue weighted by molar-refractivity contribution is -0.0428. The normalized spacial score (nSPS) is 10.4. The van der Waals surface area contributed by atoms with Gasteiger partial charge in [-0.15, -0.1) is 0 Å². The number of ketones is 2. The Morgan fingerprint density at radius 3 is 1.30 bits per heavy atom. The Morgan fingerprint density at radius 1 is 0.674 bits per heavy atom. The largest absolute Gasteiger partial charge is 0.355 e. The zero-order valence-electron chi connectivity index (χ0n) is 23.9. The SMILES string of the molecule is C.C.C=CC(=O)c1ccc(C(C)(C)c2ccc(C(=O)C=C)cc2)cc1.SCCOCOCCSSCCOCOCCS. The van der Waals surface area contributed by atoms with Crippen LogP contribution in [0.15, 0.2) is 73.8 Å². The monoisotopic (exact) mass is 670 g/mol. The van der Waals surface area contributed by atoms with Crippen molar-refractivity contribution in [2.75, 3.05) is 63.0 Å². The summed E-state index contributed by atoms with van der Waals surface area (Å²) in [7, 11) is 3.55. The average Bonchev–Trinajstić information content (AvgIpc) is 3.01. The van der Waals surface area contributed by atoms with Gasteiger partial charge in [-0.2, -0.15) is 25.3 Å². The van der Waals surface area contributed by atoms with Crippen LogP contribution in [0.1, 0.15) is 60.5 Å². The molecule has 242 valence electrons. The first-order valence-corrected chi connectivity index (χ1v) is 16.9. The molecule has 0 saturated carbocycles. The first-order valence-electron chi connectivity index (χ1n) is 13.1. The van der Waals surface area contributed by atoms with Gasteiger partial charge in [-0.3, -0.25) is 9.59 Å². The topological polar surface area (TPSA) is 71.1 Å². The lowest BCUT2D eigenvalue weighted by atomic mass is 9.77. The summed E-state index contributed by atoms with van der Waals surface area (Å²) in [6.45, 7) is 14.6. The Morgan fingerprint density at radius 2 is 1.00 bits per heavy atom. The highest BCUT2D eigenvalue weighted by molar-refractivity contribution is 8.76. The summed E-state index contributed by atoms with van der Waals surface area (Å²) in [6, 6.07) is 15.1. The van der Waals surface area contributed by atoms with Crippen molar-refractivity contribution in [3.05, 3.63) is 96.1 Å². The maximum Gasteiger partial charge on any atom is 0.185 e. The standard InChI is InChI=1S/C21H20O2.C10H22O4S4.2CH4/c1-5-19(22)15-7-11-17(12-8-15)21(3,4)18-13-9-16(10-14-18)20(23)6-2;15-5-1-11-9-13-3-7-17-18-8-4-14-10-12-2-6-16;;/h5-14H,1-2H2,3-4H3;15-16H,1-10H2;2*1H4. The van der Waals surface area contributed by atoms with Gasteiger partial charge >= 0.3 is 0 Å². The van der Waals surface area contributed by atoms with Gasteiger partial charge in [0.15, 0.2) is 11.6 Å². The molecule has 0 heterocycles. The van der Waals surface area contributed by atoms with Crippen LogP contribution in [-0.4, -0.2) is 74.6 Å². The molecule has 0 aliphatic carbocycles. The van der Waals surface area contributed by atoms with Crippen LogP contribution in [0, 0.1) is 0 Å². The fraction of sp³-hybridized carbons (Fsp3) is 0.455. The number of hydrogen-bond acceptors (Lipinski definition) is 10. The molecule has 0 aromatic heterocycles. The second-order valence-corrected chi connectivity index (χ2v) is 12.5. The molecule has 0 radical (unpaired) electrons. The zero-order chi connectivity index (χ0) is 30.3. The van der Waals surface area contributed by atoms with Gasteiger partial charge in [0.25, 0.3) is 0 Å². The van der Waals surface area contributed by atoms with Crippen LogP contribution in [-0.2, 0) is 24.4 Å². The van der Waals surface area contributed by atoms with Gasteiger partial charge in [-0.25, -0.2) is 0 Å². The number of rotatable bonds is 21. The van der Waals surface area contributed by atoms with E-state index in [4.69, 9.17) is 18.9 Å². The third-order valence-corrected chi connectivity index (χ3v) is 8.36. The van der Waals surface area contributed by atoms with E-state index < -0.39 is 0 Å². The smallest absolute Gasteiger partial charge is 0.185 e. The van der Waals surface area contributed by atoms with Crippen molar-refractivity contribution in [3.63, 3.8) is 0 Å². The number of allylic oxidation sites excluding steroid dienone is 2. The van der Waals surface area contributed by atoms with E-state index in [1.54, 1.807) is 21.6 Å². The fourth-order valence-corrected chi connectivity index (χ4v) is 5.27. The van der Waals surface area contributed by atoms with E-state index in [0.29, 0.717) is 51.1 Å². The van der Waals surface area contributed by atoms with E-state index in [1.807, 2.05) is 48.5 Å². The second-order valence-electron chi connectivity index (χ2n) is 8.88. The summed E-state index contributed by atoms with van der Waals surface area (Å²) in [5, 5.41) is 0. The minimum Gasteiger partial charge on any atom is -0.355 e. The second kappa shape index (κ2) is 26.9. The molecule has 2 rings (SSSR count). The maximum atomic E-state index is 11.6. The Kier molecular flexibility index (Phi) is 27.3. The molecule has 0 amide bonds. The molecule has 0 bridgehead atoms. The minimum atomic E-state index is -0.231. The molecule has 0 fully saturated rings. The minimum absolute atomic E-state index is 0. The molecule has 0 aliphatic heterocycles. The number of ether oxygens (including phenoxy) is 4. The highest BCUT2D eigenvalue weighted by Gasteiger charge is 2.23. The Labute approximate surface area is 279 Å². The molecule has 0 spiro atoms. The molecule has 6 nitrogen and oxygen atoms in total. The van der Waals surface area contributed by atoms with E-state index in [0.717, 1.165) is 34.1 Å². The van der Waals surface area contributed by atoms with Gasteiger partial charge in [-0.1, -0.05) is 112 Å². The van der Waals surface area contributed by atoms with Crippen molar-refractivity contribution in [2.45, 2.75) is 34.1 Å². The summed E-state index contributed by atoms with van der Waals surface area (Å²) in [4.78, 5) is 23.2. The Balaban J connectivity index is 0. The lowest BCUT2D eigenvalue weighted by Crippen LogP contribution is -2.19. The Bertz CT molecular complexity index is 945. The summed E-state index contributed by atoms with van der Waals surface area (Å²) in [6.07, 6.45) is 2.63. The van der Waals surface area contributed by atoms with Gasteiger partial charge in [-0.05, 0) is 23.3 Å². The van der Waals surface area contributed by atoms with Crippen molar-refractivity contribution in [3.8, 4) is 0 Å². The molecule has 0 unspecified atom stereocenters. The number of benzene rings is 2. The maximum absolute atomic E-state index is 11.6. The molecule has 0 aliphatic rings. The summed E-state index contributed by atoms with van der Waals surface area (Å²) in [5.74, 6) is 3.19. The van der Waals surface area contributed by atoms with E-state index in [-0.39, 0.29) is 31.8 Å². The first kappa shape index (κ1) is 43.6. The van der Waals surface area contributed by atoms with Gasteiger partial charge in [0, 0.05) is 39.6 Å². The van der Waals surface area contributed by atoms with Gasteiger partial charge in [0.05, 0.1) is 26.4 Å². The first-order chi connectivity index (χ1) is 19.8. The highest BCUT2D eigenvalue weighted by atomic mass is 33.1. The molecule has 10 heteroatoms. The third-order valence-electron chi connectivity index (χ3n) is 5.66. The van der Waals surface area contributed by atoms with Crippen LogP contribution >= 0.6 is 46.8 Å². The van der Waals surface area contributed by atoms with E-state index >= 15 is 0 Å². The molecular weight excluding hydrogens is 621 g/mol. The van der Waals surface area contributed by atoms with Crippen LogP contribution < -0.4 is 0 Å². The molecule has 43 heavy (non-hydrogen) atoms.